The van der Waals surface area contributed by atoms with Crippen molar-refractivity contribution in [3.63, 3.8) is 0 Å². The highest BCUT2D eigenvalue weighted by molar-refractivity contribution is 6.30. The Morgan fingerprint density at radius 3 is 2.30 bits per heavy atom. The summed E-state index contributed by atoms with van der Waals surface area (Å²) in [5, 5.41) is 1.78. The van der Waals surface area contributed by atoms with Crippen molar-refractivity contribution in [3.8, 4) is 5.75 Å². The number of benzene rings is 2. The van der Waals surface area contributed by atoms with E-state index in [1.807, 2.05) is 0 Å². The van der Waals surface area contributed by atoms with Crippen molar-refractivity contribution in [3.05, 3.63) is 63.2 Å². The lowest BCUT2D eigenvalue weighted by molar-refractivity contribution is -0.178. The standard InChI is InChI=1S/C37H37F3N2O12/c1-4-42-16-25-52-31(33(42)47)32(53-25)34(48)54-36(18(2)43)12-11-20-23(15-36)30(51-19(3)44)27-26(28(45)21-9-5-6-10-22(21)29(27)46)24(20)17-50-14-8-7-13-41-35(49)37(38,39)40/h5-6,9-10,25,31-32H,4,7-8,11-17H2,1-3H3,(H,41,49)/t25-,31+,32+,36+/m0/s1. The predicted octanol–water partition coefficient (Wildman–Crippen LogP) is 2.69. The summed E-state index contributed by atoms with van der Waals surface area (Å²) in [6.45, 7) is 4.00. The Kier molecular flexibility index (Phi) is 10.8. The molecule has 2 aromatic rings. The molecule has 0 radical (unpaired) electrons. The van der Waals surface area contributed by atoms with Gasteiger partial charge in [0.1, 0.15) is 5.75 Å². The number of unbranched alkanes of at least 4 members (excludes halogenated alkanes) is 1. The average Bonchev–Trinajstić information content (AvgIpc) is 3.50. The fourth-order valence-corrected chi connectivity index (χ4v) is 7.31. The summed E-state index contributed by atoms with van der Waals surface area (Å²) in [5.74, 6) is -6.42. The van der Waals surface area contributed by atoms with Gasteiger partial charge in [0, 0.05) is 55.3 Å². The van der Waals surface area contributed by atoms with Gasteiger partial charge in [-0.05, 0) is 50.7 Å². The number of nitrogens with one attached hydrogen (secondary N) is 1. The molecule has 2 fully saturated rings. The van der Waals surface area contributed by atoms with E-state index in [-0.39, 0.29) is 97.5 Å². The second-order valence-corrected chi connectivity index (χ2v) is 13.4. The summed E-state index contributed by atoms with van der Waals surface area (Å²) in [4.78, 5) is 93.7. The first-order chi connectivity index (χ1) is 25.6. The minimum atomic E-state index is -5.01. The highest BCUT2D eigenvalue weighted by Crippen LogP contribution is 2.46. The summed E-state index contributed by atoms with van der Waals surface area (Å²) >= 11 is 0. The van der Waals surface area contributed by atoms with E-state index in [2.05, 4.69) is 0 Å². The minimum absolute atomic E-state index is 0.00927. The van der Waals surface area contributed by atoms with Gasteiger partial charge in [-0.1, -0.05) is 24.3 Å². The first kappa shape index (κ1) is 38.7. The molecule has 1 N–H and O–H groups in total. The summed E-state index contributed by atoms with van der Waals surface area (Å²) in [6.07, 6.45) is -8.79. The van der Waals surface area contributed by atoms with Gasteiger partial charge in [-0.3, -0.25) is 28.8 Å². The van der Waals surface area contributed by atoms with Gasteiger partial charge in [-0.15, -0.1) is 0 Å². The minimum Gasteiger partial charge on any atom is -0.449 e. The number of nitrogens with zero attached hydrogens (tertiary/aromatic N) is 1. The Labute approximate surface area is 306 Å². The van der Waals surface area contributed by atoms with Crippen molar-refractivity contribution in [1.29, 1.82) is 0 Å². The largest absolute Gasteiger partial charge is 0.471 e. The van der Waals surface area contributed by atoms with E-state index in [0.717, 1.165) is 6.92 Å². The van der Waals surface area contributed by atoms with E-state index in [0.29, 0.717) is 12.1 Å². The number of rotatable bonds is 12. The molecule has 0 spiro atoms. The quantitative estimate of drug-likeness (QED) is 0.162. The van der Waals surface area contributed by atoms with E-state index in [4.69, 9.17) is 23.7 Å². The number of esters is 2. The predicted molar refractivity (Wildman–Crippen MR) is 176 cm³/mol. The van der Waals surface area contributed by atoms with Crippen molar-refractivity contribution in [1.82, 2.24) is 10.2 Å². The van der Waals surface area contributed by atoms with Gasteiger partial charge in [-0.2, -0.15) is 13.2 Å². The van der Waals surface area contributed by atoms with Gasteiger partial charge in [0.15, 0.2) is 41.4 Å². The summed E-state index contributed by atoms with van der Waals surface area (Å²) < 4.78 is 66.4. The number of ether oxygens (including phenoxy) is 5. The number of hydrogen-bond acceptors (Lipinski definition) is 12. The molecule has 2 aliphatic carbocycles. The van der Waals surface area contributed by atoms with Gasteiger partial charge in [0.2, 0.25) is 0 Å². The van der Waals surface area contributed by atoms with Crippen LogP contribution in [0.5, 0.6) is 5.75 Å². The first-order valence-corrected chi connectivity index (χ1v) is 17.4. The molecule has 2 aliphatic heterocycles. The SMILES string of the molecule is CCN1C[C@@H]2O[C@@H](C(=O)O[C@]3(C(C)=O)CCc4c(c(OC(C)=O)c5c(c4COCCCCNC(=O)C(F)(F)F)C(=O)c4ccccc4C5=O)C3)[C@@H](O2)C1=O. The monoisotopic (exact) mass is 758 g/mol. The van der Waals surface area contributed by atoms with Crippen molar-refractivity contribution in [2.24, 2.45) is 0 Å². The van der Waals surface area contributed by atoms with Gasteiger partial charge in [0.05, 0.1) is 18.7 Å². The molecule has 14 nitrogen and oxygen atoms in total. The Balaban J connectivity index is 1.35. The Morgan fingerprint density at radius 1 is 0.981 bits per heavy atom. The summed E-state index contributed by atoms with van der Waals surface area (Å²) in [6, 6.07) is 6.09. The molecule has 0 unspecified atom stereocenters. The molecule has 54 heavy (non-hydrogen) atoms. The number of hydrogen-bond donors (Lipinski definition) is 1. The topological polar surface area (TPSA) is 181 Å². The third kappa shape index (κ3) is 7.14. The number of alkyl halides is 3. The van der Waals surface area contributed by atoms with Crippen LogP contribution in [0.1, 0.15) is 88.6 Å². The maximum absolute atomic E-state index is 14.2. The normalized spacial score (nSPS) is 23.0. The van der Waals surface area contributed by atoms with E-state index >= 15 is 0 Å². The second-order valence-electron chi connectivity index (χ2n) is 13.4. The molecule has 4 aliphatic rings. The number of ketones is 3. The zero-order valence-electron chi connectivity index (χ0n) is 29.6. The number of morpholine rings is 1. The highest BCUT2D eigenvalue weighted by Gasteiger charge is 2.55. The first-order valence-electron chi connectivity index (χ1n) is 17.4. The third-order valence-electron chi connectivity index (χ3n) is 9.99. The number of likely N-dealkylation sites (N-methyl/N-ethyl adjacent to an activating group) is 1. The van der Waals surface area contributed by atoms with Crippen molar-refractivity contribution in [2.75, 3.05) is 26.2 Å². The zero-order chi connectivity index (χ0) is 39.1. The van der Waals surface area contributed by atoms with E-state index < -0.39 is 71.4 Å². The van der Waals surface area contributed by atoms with Crippen molar-refractivity contribution >= 4 is 41.1 Å². The lowest BCUT2D eigenvalue weighted by Crippen LogP contribution is -2.53. The van der Waals surface area contributed by atoms with Crippen LogP contribution in [-0.4, -0.2) is 103 Å². The molecule has 0 saturated carbocycles. The van der Waals surface area contributed by atoms with Crippen LogP contribution < -0.4 is 10.1 Å². The lowest BCUT2D eigenvalue weighted by Gasteiger charge is -2.39. The Hall–Kier alpha value is -5.00. The van der Waals surface area contributed by atoms with Crippen LogP contribution in [0.4, 0.5) is 13.2 Å². The molecule has 6 rings (SSSR count). The van der Waals surface area contributed by atoms with Crippen LogP contribution in [0.15, 0.2) is 24.3 Å². The fraction of sp³-hybridized carbons (Fsp3) is 0.486. The fourth-order valence-electron chi connectivity index (χ4n) is 7.31. The van der Waals surface area contributed by atoms with E-state index in [1.165, 1.54) is 24.0 Å². The van der Waals surface area contributed by atoms with E-state index in [9.17, 15) is 46.7 Å². The van der Waals surface area contributed by atoms with Crippen LogP contribution in [0.3, 0.4) is 0 Å². The van der Waals surface area contributed by atoms with Gasteiger partial charge in [0.25, 0.3) is 5.91 Å². The maximum Gasteiger partial charge on any atom is 0.471 e. The van der Waals surface area contributed by atoms with Crippen molar-refractivity contribution < 1.29 is 70.4 Å². The molecule has 17 heteroatoms. The Morgan fingerprint density at radius 2 is 1.67 bits per heavy atom. The number of amides is 2. The molecule has 2 saturated heterocycles. The molecule has 2 aromatic carbocycles. The van der Waals surface area contributed by atoms with Crippen LogP contribution in [0.25, 0.3) is 0 Å². The Bertz CT molecular complexity index is 1940. The molecule has 2 bridgehead atoms. The average molecular weight is 759 g/mol. The molecular weight excluding hydrogens is 721 g/mol. The number of halogens is 3. The molecule has 2 heterocycles. The van der Waals surface area contributed by atoms with Crippen LogP contribution in [0.2, 0.25) is 0 Å². The molecule has 0 aromatic heterocycles. The van der Waals surface area contributed by atoms with Gasteiger partial charge >= 0.3 is 24.0 Å². The smallest absolute Gasteiger partial charge is 0.449 e. The lowest BCUT2D eigenvalue weighted by atomic mass is 9.71. The summed E-state index contributed by atoms with van der Waals surface area (Å²) in [5.41, 5.74) is -1.19. The number of Topliss-reactive ketones (excluding diaryl/α,β-unsaturated/α-hetero) is 1. The summed E-state index contributed by atoms with van der Waals surface area (Å²) in [7, 11) is 0. The molecular formula is C37H37F3N2O12. The van der Waals surface area contributed by atoms with Crippen LogP contribution >= 0.6 is 0 Å². The number of carbonyl (C=O) groups is 7. The number of carbonyl (C=O) groups excluding carboxylic acids is 7. The molecule has 4 atom stereocenters. The van der Waals surface area contributed by atoms with Crippen LogP contribution in [-0.2, 0) is 62.4 Å². The third-order valence-corrected chi connectivity index (χ3v) is 9.99. The molecule has 288 valence electrons. The zero-order valence-corrected chi connectivity index (χ0v) is 29.6. The van der Waals surface area contributed by atoms with E-state index in [1.54, 1.807) is 24.4 Å². The van der Waals surface area contributed by atoms with Crippen LogP contribution in [0, 0.1) is 0 Å². The second kappa shape index (κ2) is 15.0. The highest BCUT2D eigenvalue weighted by atomic mass is 19.4. The molecule has 2 amide bonds. The number of fused-ring (bicyclic) bond motifs is 5. The van der Waals surface area contributed by atoms with Crippen molar-refractivity contribution in [2.45, 2.75) is 89.8 Å². The maximum atomic E-state index is 14.2. The van der Waals surface area contributed by atoms with Gasteiger partial charge < -0.3 is 33.9 Å². The van der Waals surface area contributed by atoms with Gasteiger partial charge in [-0.25, -0.2) is 4.79 Å².